The predicted molar refractivity (Wildman–Crippen MR) is 71.0 cm³/mol. The number of aliphatic hydroxyl groups is 1. The van der Waals surface area contributed by atoms with Crippen molar-refractivity contribution in [2.75, 3.05) is 13.2 Å². The lowest BCUT2D eigenvalue weighted by Crippen LogP contribution is -2.31. The minimum absolute atomic E-state index is 0.220. The number of fused-ring (bicyclic) bond motifs is 1. The third kappa shape index (κ3) is 3.09. The number of carbonyl (C=O) groups excluding carboxylic acids is 1. The lowest BCUT2D eigenvalue weighted by molar-refractivity contribution is 0.0702. The first-order valence-electron chi connectivity index (χ1n) is 5.31. The van der Waals surface area contributed by atoms with E-state index in [4.69, 9.17) is 10.2 Å². The van der Waals surface area contributed by atoms with Gasteiger partial charge in [-0.25, -0.2) is 9.18 Å². The van der Waals surface area contributed by atoms with Gasteiger partial charge in [0.2, 0.25) is 0 Å². The Morgan fingerprint density at radius 2 is 1.95 bits per heavy atom. The summed E-state index contributed by atoms with van der Waals surface area (Å²) in [5.74, 6) is -1.43. The second-order valence-electron chi connectivity index (χ2n) is 3.76. The van der Waals surface area contributed by atoms with E-state index in [-0.39, 0.29) is 11.4 Å². The van der Waals surface area contributed by atoms with Crippen molar-refractivity contribution >= 4 is 43.9 Å². The molecule has 0 fully saturated rings. The first-order chi connectivity index (χ1) is 9.01. The highest BCUT2D eigenvalue weighted by atomic mass is 32.2. The molecule has 0 aliphatic carbocycles. The maximum atomic E-state index is 12.8. The molecule has 0 aliphatic heterocycles. The summed E-state index contributed by atoms with van der Waals surface area (Å²) in [4.78, 5) is 23.1. The van der Waals surface area contributed by atoms with Crippen molar-refractivity contribution in [1.29, 1.82) is 0 Å². The minimum Gasteiger partial charge on any atom is -0.477 e. The van der Waals surface area contributed by atoms with Crippen molar-refractivity contribution in [1.82, 2.24) is 5.32 Å². The van der Waals surface area contributed by atoms with Crippen LogP contribution in [0.5, 0.6) is 0 Å². The molecule has 1 atom stereocenters. The number of aliphatic hydroxyl groups excluding tert-OH is 1. The summed E-state index contributed by atoms with van der Waals surface area (Å²) in [6.07, 6.45) is -1.48. The first-order valence-corrected chi connectivity index (χ1v) is 6.94. The number of carboxylic acids is 1. The van der Waals surface area contributed by atoms with Gasteiger partial charge in [0, 0.05) is 5.39 Å². The summed E-state index contributed by atoms with van der Waals surface area (Å²) in [6, 6.07) is 3.08. The number of nitrogens with one attached hydrogen (secondary N) is 1. The van der Waals surface area contributed by atoms with Crippen LogP contribution in [0.4, 0.5) is 4.39 Å². The number of hydrogen-bond donors (Lipinski definition) is 3. The Kier molecular flexibility index (Phi) is 4.13. The van der Waals surface area contributed by atoms with Crippen molar-refractivity contribution in [3.63, 3.8) is 0 Å². The van der Waals surface area contributed by atoms with Gasteiger partial charge < -0.3 is 15.5 Å². The summed E-state index contributed by atoms with van der Waals surface area (Å²) in [5, 5.41) is 20.4. The molecule has 8 heteroatoms. The standard InChI is InChI=1S/C11H10FNO4S2/c12-6(4-14)3-13-9(15)7-1-5-2-8(10(16)17)19-11(5)18-7/h1-2,6,14H,3-4H2,(H,13,15)(H,16,17). The summed E-state index contributed by atoms with van der Waals surface area (Å²) >= 11 is 2.26. The monoisotopic (exact) mass is 303 g/mol. The lowest BCUT2D eigenvalue weighted by Gasteiger charge is -2.05. The lowest BCUT2D eigenvalue weighted by atomic mass is 10.3. The van der Waals surface area contributed by atoms with Gasteiger partial charge in [0.05, 0.1) is 22.0 Å². The highest BCUT2D eigenvalue weighted by molar-refractivity contribution is 7.39. The van der Waals surface area contributed by atoms with Gasteiger partial charge in [-0.15, -0.1) is 22.7 Å². The maximum absolute atomic E-state index is 12.8. The maximum Gasteiger partial charge on any atom is 0.345 e. The number of thiophene rings is 2. The van der Waals surface area contributed by atoms with Gasteiger partial charge in [-0.3, -0.25) is 4.79 Å². The summed E-state index contributed by atoms with van der Waals surface area (Å²) in [7, 11) is 0. The minimum atomic E-state index is -1.48. The average Bonchev–Trinajstić information content (AvgIpc) is 2.93. The Balaban J connectivity index is 2.11. The zero-order chi connectivity index (χ0) is 14.0. The summed E-state index contributed by atoms with van der Waals surface area (Å²) in [6.45, 7) is -0.886. The van der Waals surface area contributed by atoms with Crippen LogP contribution in [-0.2, 0) is 0 Å². The topological polar surface area (TPSA) is 86.6 Å². The molecule has 3 N–H and O–H groups in total. The fraction of sp³-hybridized carbons (Fsp3) is 0.273. The van der Waals surface area contributed by atoms with E-state index in [1.807, 2.05) is 0 Å². The largest absolute Gasteiger partial charge is 0.477 e. The molecule has 0 radical (unpaired) electrons. The molecule has 1 amide bonds. The van der Waals surface area contributed by atoms with Crippen molar-refractivity contribution in [3.05, 3.63) is 21.9 Å². The van der Waals surface area contributed by atoms with Crippen LogP contribution >= 0.6 is 22.7 Å². The Labute approximate surface area is 115 Å². The number of hydrogen-bond acceptors (Lipinski definition) is 5. The van der Waals surface area contributed by atoms with Crippen LogP contribution in [-0.4, -0.2) is 41.4 Å². The molecule has 2 heterocycles. The van der Waals surface area contributed by atoms with Gasteiger partial charge in [-0.1, -0.05) is 0 Å². The van der Waals surface area contributed by atoms with Crippen molar-refractivity contribution < 1.29 is 24.2 Å². The number of halogens is 1. The van der Waals surface area contributed by atoms with E-state index in [1.54, 1.807) is 6.07 Å². The van der Waals surface area contributed by atoms with E-state index in [2.05, 4.69) is 5.32 Å². The highest BCUT2D eigenvalue weighted by Crippen LogP contribution is 2.33. The number of aromatic carboxylic acids is 1. The van der Waals surface area contributed by atoms with Crippen LogP contribution in [0.15, 0.2) is 12.1 Å². The average molecular weight is 303 g/mol. The zero-order valence-corrected chi connectivity index (χ0v) is 11.2. The smallest absolute Gasteiger partial charge is 0.345 e. The SMILES string of the molecule is O=C(O)c1cc2cc(C(=O)NCC(F)CO)sc2s1. The van der Waals surface area contributed by atoms with E-state index in [1.165, 1.54) is 6.07 Å². The van der Waals surface area contributed by atoms with Gasteiger partial charge in [0.15, 0.2) is 0 Å². The van der Waals surface area contributed by atoms with Gasteiger partial charge in [-0.05, 0) is 12.1 Å². The van der Waals surface area contributed by atoms with Crippen LogP contribution in [0.2, 0.25) is 0 Å². The molecular formula is C11H10FNO4S2. The molecule has 5 nitrogen and oxygen atoms in total. The number of amides is 1. The molecule has 2 rings (SSSR count). The van der Waals surface area contributed by atoms with Crippen LogP contribution < -0.4 is 5.32 Å². The van der Waals surface area contributed by atoms with Gasteiger partial charge in [0.1, 0.15) is 11.0 Å². The van der Waals surface area contributed by atoms with Crippen LogP contribution in [0.1, 0.15) is 19.3 Å². The molecule has 0 aliphatic rings. The van der Waals surface area contributed by atoms with Crippen LogP contribution in [0.25, 0.3) is 9.40 Å². The number of rotatable bonds is 5. The molecular weight excluding hydrogens is 293 g/mol. The van der Waals surface area contributed by atoms with E-state index in [0.717, 1.165) is 26.7 Å². The van der Waals surface area contributed by atoms with Crippen LogP contribution in [0, 0.1) is 0 Å². The van der Waals surface area contributed by atoms with E-state index in [0.29, 0.717) is 10.3 Å². The Hall–Kier alpha value is -1.51. The Bertz CT molecular complexity index is 590. The summed E-state index contributed by atoms with van der Waals surface area (Å²) in [5.41, 5.74) is 0. The number of carbonyl (C=O) groups is 2. The highest BCUT2D eigenvalue weighted by Gasteiger charge is 2.16. The molecule has 0 spiro atoms. The van der Waals surface area contributed by atoms with Gasteiger partial charge in [0.25, 0.3) is 5.91 Å². The molecule has 0 saturated carbocycles. The van der Waals surface area contributed by atoms with Crippen molar-refractivity contribution in [2.45, 2.75) is 6.17 Å². The third-order valence-electron chi connectivity index (χ3n) is 2.33. The molecule has 102 valence electrons. The van der Waals surface area contributed by atoms with E-state index < -0.39 is 24.7 Å². The molecule has 2 aromatic heterocycles. The fourth-order valence-electron chi connectivity index (χ4n) is 1.41. The van der Waals surface area contributed by atoms with Crippen molar-refractivity contribution in [2.24, 2.45) is 0 Å². The number of carboxylic acid groups (broad SMARTS) is 1. The van der Waals surface area contributed by atoms with Crippen LogP contribution in [0.3, 0.4) is 0 Å². The normalized spacial score (nSPS) is 12.5. The Morgan fingerprint density at radius 3 is 2.53 bits per heavy atom. The molecule has 2 aromatic rings. The van der Waals surface area contributed by atoms with E-state index in [9.17, 15) is 14.0 Å². The van der Waals surface area contributed by atoms with Crippen molar-refractivity contribution in [3.8, 4) is 0 Å². The second kappa shape index (κ2) is 5.64. The van der Waals surface area contributed by atoms with E-state index >= 15 is 0 Å². The zero-order valence-electron chi connectivity index (χ0n) is 9.55. The molecule has 19 heavy (non-hydrogen) atoms. The molecule has 0 bridgehead atoms. The fourth-order valence-corrected chi connectivity index (χ4v) is 3.61. The molecule has 0 aromatic carbocycles. The predicted octanol–water partition coefficient (Wildman–Crippen LogP) is 1.72. The summed E-state index contributed by atoms with van der Waals surface area (Å²) < 4.78 is 13.5. The van der Waals surface area contributed by atoms with Gasteiger partial charge in [-0.2, -0.15) is 0 Å². The third-order valence-corrected chi connectivity index (χ3v) is 4.71. The number of alkyl halides is 1. The van der Waals surface area contributed by atoms with Gasteiger partial charge >= 0.3 is 5.97 Å². The Morgan fingerprint density at radius 1 is 1.32 bits per heavy atom. The quantitative estimate of drug-likeness (QED) is 0.785. The first kappa shape index (κ1) is 13.9. The molecule has 0 saturated heterocycles. The second-order valence-corrected chi connectivity index (χ2v) is 6.12. The molecule has 1 unspecified atom stereocenters.